The number of rotatable bonds is 7. The molecule has 0 saturated carbocycles. The highest BCUT2D eigenvalue weighted by Gasteiger charge is 2.22. The molecule has 1 amide bonds. The van der Waals surface area contributed by atoms with Crippen molar-refractivity contribution in [3.05, 3.63) is 71.3 Å². The van der Waals surface area contributed by atoms with Gasteiger partial charge in [-0.1, -0.05) is 54.6 Å². The van der Waals surface area contributed by atoms with E-state index in [-0.39, 0.29) is 25.0 Å². The van der Waals surface area contributed by atoms with Crippen molar-refractivity contribution < 1.29 is 13.2 Å². The van der Waals surface area contributed by atoms with Crippen LogP contribution in [-0.4, -0.2) is 31.4 Å². The van der Waals surface area contributed by atoms with Crippen LogP contribution in [0.3, 0.4) is 0 Å². The monoisotopic (exact) mass is 360 g/mol. The zero-order chi connectivity index (χ0) is 18.4. The lowest BCUT2D eigenvalue weighted by atomic mass is 10.1. The van der Waals surface area contributed by atoms with Crippen molar-refractivity contribution in [1.29, 1.82) is 0 Å². The summed E-state index contributed by atoms with van der Waals surface area (Å²) in [6.07, 6.45) is 1.12. The van der Waals surface area contributed by atoms with E-state index in [2.05, 4.69) is 5.32 Å². The van der Waals surface area contributed by atoms with Crippen LogP contribution in [0.1, 0.15) is 29.7 Å². The molecular weight excluding hydrogens is 336 g/mol. The highest BCUT2D eigenvalue weighted by molar-refractivity contribution is 7.88. The number of hydrogen-bond donors (Lipinski definition) is 1. The summed E-state index contributed by atoms with van der Waals surface area (Å²) in [7, 11) is -3.50. The first kappa shape index (κ1) is 19.1. The molecule has 0 aliphatic rings. The standard InChI is InChI=1S/C19H24N2O3S/c1-15-9-7-8-12-18(15)13-21(25(3,23)24)14-19(22)20-16(2)17-10-5-4-6-11-17/h4-12,16H,13-14H2,1-3H3,(H,20,22). The highest BCUT2D eigenvalue weighted by atomic mass is 32.2. The van der Waals surface area contributed by atoms with Gasteiger partial charge in [-0.2, -0.15) is 4.31 Å². The maximum atomic E-state index is 12.3. The largest absolute Gasteiger partial charge is 0.348 e. The van der Waals surface area contributed by atoms with E-state index in [9.17, 15) is 13.2 Å². The number of sulfonamides is 1. The first-order chi connectivity index (χ1) is 11.8. The SMILES string of the molecule is Cc1ccccc1CN(CC(=O)NC(C)c1ccccc1)S(C)(=O)=O. The fourth-order valence-corrected chi connectivity index (χ4v) is 3.27. The van der Waals surface area contributed by atoms with Gasteiger partial charge in [0.25, 0.3) is 0 Å². The minimum Gasteiger partial charge on any atom is -0.348 e. The molecule has 1 N–H and O–H groups in total. The molecule has 0 aromatic heterocycles. The normalized spacial score (nSPS) is 12.8. The lowest BCUT2D eigenvalue weighted by Crippen LogP contribution is -2.40. The molecule has 0 radical (unpaired) electrons. The van der Waals surface area contributed by atoms with E-state index in [0.717, 1.165) is 22.9 Å². The minimum atomic E-state index is -3.50. The molecule has 25 heavy (non-hydrogen) atoms. The Hall–Kier alpha value is -2.18. The van der Waals surface area contributed by atoms with Crippen LogP contribution >= 0.6 is 0 Å². The Labute approximate surface area is 149 Å². The maximum absolute atomic E-state index is 12.3. The van der Waals surface area contributed by atoms with Crippen molar-refractivity contribution in [1.82, 2.24) is 9.62 Å². The predicted octanol–water partition coefficient (Wildman–Crippen LogP) is 2.63. The third-order valence-corrected chi connectivity index (χ3v) is 5.27. The van der Waals surface area contributed by atoms with Crippen LogP contribution in [-0.2, 0) is 21.4 Å². The average molecular weight is 360 g/mol. The molecule has 2 aromatic carbocycles. The molecule has 0 aliphatic heterocycles. The molecule has 1 atom stereocenters. The van der Waals surface area contributed by atoms with Gasteiger partial charge in [-0.25, -0.2) is 8.42 Å². The van der Waals surface area contributed by atoms with E-state index in [1.54, 1.807) is 0 Å². The summed E-state index contributed by atoms with van der Waals surface area (Å²) < 4.78 is 25.4. The van der Waals surface area contributed by atoms with E-state index in [1.165, 1.54) is 4.31 Å². The molecule has 6 heteroatoms. The van der Waals surface area contributed by atoms with Crippen LogP contribution in [0.5, 0.6) is 0 Å². The van der Waals surface area contributed by atoms with Gasteiger partial charge in [0, 0.05) is 6.54 Å². The van der Waals surface area contributed by atoms with E-state index >= 15 is 0 Å². The second-order valence-corrected chi connectivity index (χ2v) is 8.14. The summed E-state index contributed by atoms with van der Waals surface area (Å²) in [5.74, 6) is -0.324. The number of hydrogen-bond acceptors (Lipinski definition) is 3. The lowest BCUT2D eigenvalue weighted by Gasteiger charge is -2.22. The molecule has 5 nitrogen and oxygen atoms in total. The van der Waals surface area contributed by atoms with Crippen molar-refractivity contribution in [2.75, 3.05) is 12.8 Å². The fraction of sp³-hybridized carbons (Fsp3) is 0.316. The Morgan fingerprint density at radius 2 is 1.68 bits per heavy atom. The van der Waals surface area contributed by atoms with Gasteiger partial charge in [-0.05, 0) is 30.5 Å². The molecule has 2 rings (SSSR count). The van der Waals surface area contributed by atoms with Crippen LogP contribution in [0.25, 0.3) is 0 Å². The number of nitrogens with one attached hydrogen (secondary N) is 1. The van der Waals surface area contributed by atoms with Gasteiger partial charge in [-0.15, -0.1) is 0 Å². The molecule has 0 spiro atoms. The second kappa shape index (κ2) is 8.27. The third kappa shape index (κ3) is 5.69. The third-order valence-electron chi connectivity index (χ3n) is 4.07. The molecule has 0 saturated heterocycles. The Morgan fingerprint density at radius 3 is 2.28 bits per heavy atom. The number of carbonyl (C=O) groups is 1. The van der Waals surface area contributed by atoms with Crippen LogP contribution in [0.15, 0.2) is 54.6 Å². The average Bonchev–Trinajstić information content (AvgIpc) is 2.56. The quantitative estimate of drug-likeness (QED) is 0.825. The zero-order valence-corrected chi connectivity index (χ0v) is 15.6. The Morgan fingerprint density at radius 1 is 1.08 bits per heavy atom. The van der Waals surface area contributed by atoms with Gasteiger partial charge < -0.3 is 5.32 Å². The molecule has 134 valence electrons. The van der Waals surface area contributed by atoms with Gasteiger partial charge in [0.15, 0.2) is 0 Å². The Kier molecular flexibility index (Phi) is 6.33. The Balaban J connectivity index is 2.07. The van der Waals surface area contributed by atoms with Crippen molar-refractivity contribution in [3.8, 4) is 0 Å². The highest BCUT2D eigenvalue weighted by Crippen LogP contribution is 2.14. The van der Waals surface area contributed by atoms with Gasteiger partial charge in [-0.3, -0.25) is 4.79 Å². The van der Waals surface area contributed by atoms with Crippen LogP contribution in [0.4, 0.5) is 0 Å². The van der Waals surface area contributed by atoms with Gasteiger partial charge in [0.1, 0.15) is 0 Å². The number of aryl methyl sites for hydroxylation is 1. The molecule has 0 heterocycles. The topological polar surface area (TPSA) is 66.5 Å². The van der Waals surface area contributed by atoms with Gasteiger partial charge in [0.2, 0.25) is 15.9 Å². The first-order valence-corrected chi connectivity index (χ1v) is 9.96. The number of carbonyl (C=O) groups excluding carboxylic acids is 1. The summed E-state index contributed by atoms with van der Waals surface area (Å²) in [4.78, 5) is 12.3. The van der Waals surface area contributed by atoms with Crippen molar-refractivity contribution in [2.45, 2.75) is 26.4 Å². The van der Waals surface area contributed by atoms with Crippen LogP contribution < -0.4 is 5.32 Å². The second-order valence-electron chi connectivity index (χ2n) is 6.16. The smallest absolute Gasteiger partial charge is 0.235 e. The molecule has 0 aliphatic carbocycles. The minimum absolute atomic E-state index is 0.179. The molecule has 0 fully saturated rings. The number of benzene rings is 2. The number of nitrogens with zero attached hydrogens (tertiary/aromatic N) is 1. The van der Waals surface area contributed by atoms with Crippen LogP contribution in [0, 0.1) is 6.92 Å². The van der Waals surface area contributed by atoms with E-state index < -0.39 is 10.0 Å². The molecule has 2 aromatic rings. The summed E-state index contributed by atoms with van der Waals surface area (Å²) in [6, 6.07) is 16.9. The Bertz CT molecular complexity index is 820. The summed E-state index contributed by atoms with van der Waals surface area (Å²) in [5, 5.41) is 2.85. The summed E-state index contributed by atoms with van der Waals surface area (Å²) in [5.41, 5.74) is 2.85. The zero-order valence-electron chi connectivity index (χ0n) is 14.8. The van der Waals surface area contributed by atoms with Crippen molar-refractivity contribution in [2.24, 2.45) is 0 Å². The first-order valence-electron chi connectivity index (χ1n) is 8.11. The van der Waals surface area contributed by atoms with E-state index in [1.807, 2.05) is 68.4 Å². The van der Waals surface area contributed by atoms with E-state index in [0.29, 0.717) is 0 Å². The predicted molar refractivity (Wildman–Crippen MR) is 99.4 cm³/mol. The van der Waals surface area contributed by atoms with Gasteiger partial charge >= 0.3 is 0 Å². The van der Waals surface area contributed by atoms with Crippen molar-refractivity contribution >= 4 is 15.9 Å². The summed E-state index contributed by atoms with van der Waals surface area (Å²) in [6.45, 7) is 3.77. The summed E-state index contributed by atoms with van der Waals surface area (Å²) >= 11 is 0. The molecule has 0 bridgehead atoms. The molecule has 1 unspecified atom stereocenters. The maximum Gasteiger partial charge on any atom is 0.235 e. The van der Waals surface area contributed by atoms with Crippen LogP contribution in [0.2, 0.25) is 0 Å². The number of amides is 1. The van der Waals surface area contributed by atoms with Crippen molar-refractivity contribution in [3.63, 3.8) is 0 Å². The lowest BCUT2D eigenvalue weighted by molar-refractivity contribution is -0.122. The fourth-order valence-electron chi connectivity index (χ4n) is 2.54. The molecular formula is C19H24N2O3S. The van der Waals surface area contributed by atoms with E-state index in [4.69, 9.17) is 0 Å². The van der Waals surface area contributed by atoms with Gasteiger partial charge in [0.05, 0.1) is 18.8 Å².